The Morgan fingerprint density at radius 2 is 1.61 bits per heavy atom. The molecule has 3 heterocycles. The third kappa shape index (κ3) is 7.25. The summed E-state index contributed by atoms with van der Waals surface area (Å²) in [6, 6.07) is 14.6. The molecule has 0 bridgehead atoms. The molecule has 0 atom stereocenters. The van der Waals surface area contributed by atoms with Crippen LogP contribution in [0.2, 0.25) is 0 Å². The Morgan fingerprint density at radius 1 is 0.935 bits per heavy atom. The molecule has 46 heavy (non-hydrogen) atoms. The molecule has 4 aromatic rings. The summed E-state index contributed by atoms with van der Waals surface area (Å²) >= 11 is 0. The molecule has 1 fully saturated rings. The number of halogens is 3. The molecule has 2 aromatic carbocycles. The molecule has 10 nitrogen and oxygen atoms in total. The van der Waals surface area contributed by atoms with Crippen LogP contribution in [-0.2, 0) is 11.0 Å². The van der Waals surface area contributed by atoms with Crippen molar-refractivity contribution in [3.05, 3.63) is 90.6 Å². The molecular weight excluding hydrogens is 599 g/mol. The van der Waals surface area contributed by atoms with Crippen molar-refractivity contribution in [2.75, 3.05) is 41.7 Å². The number of pyridine rings is 2. The fraction of sp³-hybridized carbons (Fsp3) is 0.242. The Balaban J connectivity index is 1.29. The van der Waals surface area contributed by atoms with E-state index in [2.05, 4.69) is 32.5 Å². The topological polar surface area (TPSA) is 120 Å². The summed E-state index contributed by atoms with van der Waals surface area (Å²) in [5.74, 6) is -0.541. The Bertz CT molecular complexity index is 1780. The first-order valence-electron chi connectivity index (χ1n) is 14.6. The van der Waals surface area contributed by atoms with E-state index >= 15 is 0 Å². The largest absolute Gasteiger partial charge is 0.418 e. The van der Waals surface area contributed by atoms with Crippen molar-refractivity contribution in [1.29, 1.82) is 0 Å². The van der Waals surface area contributed by atoms with Gasteiger partial charge in [0.25, 0.3) is 5.91 Å². The Hall–Kier alpha value is -5.46. The summed E-state index contributed by atoms with van der Waals surface area (Å²) in [6.07, 6.45) is -1.89. The maximum absolute atomic E-state index is 14.1. The molecule has 1 saturated heterocycles. The van der Waals surface area contributed by atoms with Crippen LogP contribution < -0.4 is 20.9 Å². The number of hydrogen-bond donors (Lipinski definition) is 3. The first kappa shape index (κ1) is 31.9. The number of urea groups is 1. The molecule has 238 valence electrons. The van der Waals surface area contributed by atoms with E-state index in [4.69, 9.17) is 0 Å². The molecule has 13 heteroatoms. The number of benzene rings is 2. The van der Waals surface area contributed by atoms with E-state index in [1.807, 2.05) is 13.8 Å². The molecule has 1 aliphatic rings. The number of fused-ring (bicyclic) bond motifs is 1. The summed E-state index contributed by atoms with van der Waals surface area (Å²) in [6.45, 7) is 8.17. The smallest absolute Gasteiger partial charge is 0.367 e. The first-order valence-corrected chi connectivity index (χ1v) is 14.6. The number of nitrogens with one attached hydrogen (secondary N) is 3. The van der Waals surface area contributed by atoms with Crippen molar-refractivity contribution in [3.8, 4) is 11.3 Å². The number of carbonyl (C=O) groups excluding carboxylic acids is 3. The normalized spacial score (nSPS) is 13.4. The lowest BCUT2D eigenvalue weighted by atomic mass is 10.1. The van der Waals surface area contributed by atoms with Gasteiger partial charge in [0.15, 0.2) is 0 Å². The molecule has 0 spiro atoms. The van der Waals surface area contributed by atoms with Gasteiger partial charge in [0.05, 0.1) is 22.3 Å². The summed E-state index contributed by atoms with van der Waals surface area (Å²) in [7, 11) is 0. The zero-order valence-corrected chi connectivity index (χ0v) is 25.2. The SMILES string of the molecule is C=CC(=O)N1CCN(c2ccc(NC(=O)Nc3ccc(-c4cc(C(=O)NC(C)C)c5ncccc5n4)cc3)cc2C(F)(F)F)CC1. The zero-order chi connectivity index (χ0) is 33.0. The number of amides is 4. The molecule has 3 N–H and O–H groups in total. The van der Waals surface area contributed by atoms with E-state index in [1.165, 1.54) is 23.1 Å². The molecule has 0 saturated carbocycles. The number of piperazine rings is 1. The molecular formula is C33H32F3N7O3. The van der Waals surface area contributed by atoms with Crippen LogP contribution in [0, 0.1) is 0 Å². The minimum Gasteiger partial charge on any atom is -0.367 e. The Kier molecular flexibility index (Phi) is 9.21. The molecule has 0 aliphatic carbocycles. The Morgan fingerprint density at radius 3 is 2.26 bits per heavy atom. The zero-order valence-electron chi connectivity index (χ0n) is 25.2. The minimum atomic E-state index is -4.67. The molecule has 1 aliphatic heterocycles. The minimum absolute atomic E-state index is 0.0253. The van der Waals surface area contributed by atoms with Crippen LogP contribution in [0.25, 0.3) is 22.3 Å². The van der Waals surface area contributed by atoms with Gasteiger partial charge in [0.2, 0.25) is 5.91 Å². The van der Waals surface area contributed by atoms with E-state index in [-0.39, 0.29) is 55.4 Å². The van der Waals surface area contributed by atoms with Crippen LogP contribution in [-0.4, -0.2) is 64.9 Å². The second-order valence-electron chi connectivity index (χ2n) is 11.0. The van der Waals surface area contributed by atoms with Crippen LogP contribution in [0.4, 0.5) is 35.0 Å². The van der Waals surface area contributed by atoms with Gasteiger partial charge >= 0.3 is 12.2 Å². The van der Waals surface area contributed by atoms with E-state index < -0.39 is 17.8 Å². The van der Waals surface area contributed by atoms with Crippen molar-refractivity contribution in [2.45, 2.75) is 26.1 Å². The van der Waals surface area contributed by atoms with Gasteiger partial charge in [-0.3, -0.25) is 14.6 Å². The van der Waals surface area contributed by atoms with Crippen LogP contribution in [0.3, 0.4) is 0 Å². The number of anilines is 3. The predicted molar refractivity (Wildman–Crippen MR) is 171 cm³/mol. The predicted octanol–water partition coefficient (Wildman–Crippen LogP) is 5.93. The van der Waals surface area contributed by atoms with Gasteiger partial charge in [0, 0.05) is 61.0 Å². The molecule has 2 aromatic heterocycles. The number of hydrogen-bond acceptors (Lipinski definition) is 6. The highest BCUT2D eigenvalue weighted by atomic mass is 19.4. The van der Waals surface area contributed by atoms with Gasteiger partial charge in [-0.25, -0.2) is 9.78 Å². The van der Waals surface area contributed by atoms with E-state index in [0.717, 1.165) is 6.07 Å². The monoisotopic (exact) mass is 631 g/mol. The summed E-state index contributed by atoms with van der Waals surface area (Å²) in [4.78, 5) is 49.5. The lowest BCUT2D eigenvalue weighted by molar-refractivity contribution is -0.137. The molecule has 4 amide bonds. The van der Waals surface area contributed by atoms with Crippen LogP contribution in [0.15, 0.2) is 79.5 Å². The van der Waals surface area contributed by atoms with Crippen LogP contribution in [0.1, 0.15) is 29.8 Å². The summed E-state index contributed by atoms with van der Waals surface area (Å²) < 4.78 is 42.2. The second kappa shape index (κ2) is 13.3. The quantitative estimate of drug-likeness (QED) is 0.218. The van der Waals surface area contributed by atoms with E-state index in [9.17, 15) is 27.6 Å². The van der Waals surface area contributed by atoms with Gasteiger partial charge < -0.3 is 25.8 Å². The highest BCUT2D eigenvalue weighted by Crippen LogP contribution is 2.39. The second-order valence-corrected chi connectivity index (χ2v) is 11.0. The third-order valence-corrected chi connectivity index (χ3v) is 7.33. The number of aromatic nitrogens is 2. The first-order chi connectivity index (χ1) is 21.9. The molecule has 0 unspecified atom stereocenters. The standard InChI is InChI=1S/C33H32F3N7O3/c1-4-29(44)43-16-14-42(15-17-43)28-12-11-23(18-25(28)33(34,35)36)40-32(46)39-22-9-7-21(8-10-22)27-19-24(31(45)38-20(2)3)30-26(41-27)6-5-13-37-30/h4-13,18-20H,1,14-17H2,2-3H3,(H,38,45)(H2,39,40,46). The van der Waals surface area contributed by atoms with Crippen molar-refractivity contribution >= 4 is 45.9 Å². The number of alkyl halides is 3. The van der Waals surface area contributed by atoms with Gasteiger partial charge in [-0.1, -0.05) is 18.7 Å². The fourth-order valence-electron chi connectivity index (χ4n) is 5.15. The third-order valence-electron chi connectivity index (χ3n) is 7.33. The fourth-order valence-corrected chi connectivity index (χ4v) is 5.15. The van der Waals surface area contributed by atoms with Crippen molar-refractivity contribution < 1.29 is 27.6 Å². The molecule has 0 radical (unpaired) electrons. The van der Waals surface area contributed by atoms with Crippen LogP contribution >= 0.6 is 0 Å². The molecule has 5 rings (SSSR count). The van der Waals surface area contributed by atoms with Gasteiger partial charge in [-0.05, 0) is 68.5 Å². The van der Waals surface area contributed by atoms with Crippen molar-refractivity contribution in [3.63, 3.8) is 0 Å². The van der Waals surface area contributed by atoms with Crippen LogP contribution in [0.5, 0.6) is 0 Å². The van der Waals surface area contributed by atoms with E-state index in [1.54, 1.807) is 53.6 Å². The van der Waals surface area contributed by atoms with Gasteiger partial charge in [0.1, 0.15) is 5.52 Å². The van der Waals surface area contributed by atoms with Gasteiger partial charge in [-0.2, -0.15) is 13.2 Å². The average molecular weight is 632 g/mol. The highest BCUT2D eigenvalue weighted by molar-refractivity contribution is 6.06. The maximum atomic E-state index is 14.1. The number of nitrogens with zero attached hydrogens (tertiary/aromatic N) is 4. The Labute approximate surface area is 263 Å². The van der Waals surface area contributed by atoms with Crippen molar-refractivity contribution in [2.24, 2.45) is 0 Å². The lowest BCUT2D eigenvalue weighted by Crippen LogP contribution is -2.48. The average Bonchev–Trinajstić information content (AvgIpc) is 3.03. The van der Waals surface area contributed by atoms with Crippen molar-refractivity contribution in [1.82, 2.24) is 20.2 Å². The lowest BCUT2D eigenvalue weighted by Gasteiger charge is -2.36. The summed E-state index contributed by atoms with van der Waals surface area (Å²) in [5.41, 5.74) is 2.04. The highest BCUT2D eigenvalue weighted by Gasteiger charge is 2.36. The van der Waals surface area contributed by atoms with E-state index in [0.29, 0.717) is 33.5 Å². The number of rotatable bonds is 7. The summed E-state index contributed by atoms with van der Waals surface area (Å²) in [5, 5.41) is 7.97. The number of carbonyl (C=O) groups is 3. The van der Waals surface area contributed by atoms with Gasteiger partial charge in [-0.15, -0.1) is 0 Å². The maximum Gasteiger partial charge on any atom is 0.418 e.